The Balaban J connectivity index is 3.66. The Hall–Kier alpha value is -0.0100. The first-order valence-corrected chi connectivity index (χ1v) is 15.8. The standard InChI is InChI=1S/C27H58NO6P/c1-6-8-9-10-11-12-13-14-15-16-17-18-19-20-22-31-24-26(32-7-2)25-34-35(29,30)33-23-21-28-27(3,4)5/h26,28H,6-25H2,1-5H3,(H,29,30)/t26-/m0/s1. The number of hydrogen-bond donors (Lipinski definition) is 2. The Kier molecular flexibility index (Phi) is 23.1. The zero-order chi connectivity index (χ0) is 26.3. The zero-order valence-corrected chi connectivity index (χ0v) is 24.5. The van der Waals surface area contributed by atoms with Crippen molar-refractivity contribution in [2.45, 2.75) is 136 Å². The van der Waals surface area contributed by atoms with Gasteiger partial charge in [-0.15, -0.1) is 0 Å². The molecule has 1 unspecified atom stereocenters. The number of phosphoric acid groups is 1. The normalized spacial score (nSPS) is 14.8. The highest BCUT2D eigenvalue weighted by Crippen LogP contribution is 2.43. The molecule has 0 fully saturated rings. The molecule has 8 heteroatoms. The molecule has 0 aromatic heterocycles. The van der Waals surface area contributed by atoms with Gasteiger partial charge in [0, 0.05) is 25.3 Å². The van der Waals surface area contributed by atoms with Gasteiger partial charge in [-0.2, -0.15) is 0 Å². The summed E-state index contributed by atoms with van der Waals surface area (Å²) in [4.78, 5) is 9.86. The maximum atomic E-state index is 12.1. The second-order valence-electron chi connectivity index (χ2n) is 10.5. The third kappa shape index (κ3) is 26.9. The smallest absolute Gasteiger partial charge is 0.379 e. The molecular formula is C27H58NO6P. The average Bonchev–Trinajstić information content (AvgIpc) is 2.79. The molecule has 0 spiro atoms. The van der Waals surface area contributed by atoms with Gasteiger partial charge in [-0.3, -0.25) is 9.05 Å². The van der Waals surface area contributed by atoms with E-state index in [0.717, 1.165) is 6.42 Å². The molecule has 0 saturated heterocycles. The van der Waals surface area contributed by atoms with E-state index >= 15 is 0 Å². The SMILES string of the molecule is CCCCCCCCCCCCCCCCOC[C@@H](COP(=O)(O)OCCNC(C)(C)C)OCC. The van der Waals surface area contributed by atoms with Crippen LogP contribution in [0.15, 0.2) is 0 Å². The largest absolute Gasteiger partial charge is 0.472 e. The van der Waals surface area contributed by atoms with Crippen LogP contribution in [0.2, 0.25) is 0 Å². The van der Waals surface area contributed by atoms with Crippen molar-refractivity contribution in [3.63, 3.8) is 0 Å². The molecule has 0 heterocycles. The van der Waals surface area contributed by atoms with Gasteiger partial charge in [0.1, 0.15) is 6.10 Å². The number of phosphoric ester groups is 1. The number of hydrogen-bond acceptors (Lipinski definition) is 6. The summed E-state index contributed by atoms with van der Waals surface area (Å²) in [5, 5.41) is 3.20. The molecule has 212 valence electrons. The summed E-state index contributed by atoms with van der Waals surface area (Å²) in [7, 11) is -4.10. The average molecular weight is 524 g/mol. The van der Waals surface area contributed by atoms with Crippen molar-refractivity contribution in [3.8, 4) is 0 Å². The van der Waals surface area contributed by atoms with Crippen molar-refractivity contribution in [2.24, 2.45) is 0 Å². The van der Waals surface area contributed by atoms with Crippen LogP contribution in [-0.2, 0) is 23.1 Å². The van der Waals surface area contributed by atoms with Gasteiger partial charge in [0.15, 0.2) is 0 Å². The van der Waals surface area contributed by atoms with Crippen molar-refractivity contribution < 1.29 is 28.0 Å². The predicted molar refractivity (Wildman–Crippen MR) is 146 cm³/mol. The fourth-order valence-electron chi connectivity index (χ4n) is 3.80. The fourth-order valence-corrected chi connectivity index (χ4v) is 4.55. The van der Waals surface area contributed by atoms with E-state index in [1.807, 2.05) is 27.7 Å². The molecule has 0 aromatic carbocycles. The predicted octanol–water partition coefficient (Wildman–Crippen LogP) is 7.41. The van der Waals surface area contributed by atoms with Gasteiger partial charge in [0.25, 0.3) is 0 Å². The second-order valence-corrected chi connectivity index (χ2v) is 12.0. The Bertz CT molecular complexity index is 501. The summed E-state index contributed by atoms with van der Waals surface area (Å²) in [6.07, 6.45) is 18.3. The Morgan fingerprint density at radius 2 is 1.26 bits per heavy atom. The van der Waals surface area contributed by atoms with Gasteiger partial charge in [-0.25, -0.2) is 4.57 Å². The van der Waals surface area contributed by atoms with Crippen molar-refractivity contribution in [1.29, 1.82) is 0 Å². The van der Waals surface area contributed by atoms with Gasteiger partial charge in [0.2, 0.25) is 0 Å². The minimum atomic E-state index is -4.10. The van der Waals surface area contributed by atoms with Crippen LogP contribution in [0, 0.1) is 0 Å². The molecule has 0 radical (unpaired) electrons. The van der Waals surface area contributed by atoms with Gasteiger partial charge in [-0.1, -0.05) is 90.4 Å². The first-order chi connectivity index (χ1) is 16.7. The summed E-state index contributed by atoms with van der Waals surface area (Å²) >= 11 is 0. The first-order valence-electron chi connectivity index (χ1n) is 14.3. The number of unbranched alkanes of at least 4 members (excludes halogenated alkanes) is 13. The summed E-state index contributed by atoms with van der Waals surface area (Å²) < 4.78 is 33.5. The van der Waals surface area contributed by atoms with Gasteiger partial charge in [0.05, 0.1) is 19.8 Å². The van der Waals surface area contributed by atoms with Crippen LogP contribution in [0.3, 0.4) is 0 Å². The molecule has 0 rings (SSSR count). The highest BCUT2D eigenvalue weighted by atomic mass is 31.2. The maximum absolute atomic E-state index is 12.1. The molecule has 7 nitrogen and oxygen atoms in total. The van der Waals surface area contributed by atoms with E-state index < -0.39 is 7.82 Å². The third-order valence-electron chi connectivity index (χ3n) is 5.78. The van der Waals surface area contributed by atoms with E-state index in [0.29, 0.717) is 26.4 Å². The van der Waals surface area contributed by atoms with Crippen molar-refractivity contribution in [3.05, 3.63) is 0 Å². The van der Waals surface area contributed by atoms with Gasteiger partial charge in [-0.05, 0) is 34.1 Å². The lowest BCUT2D eigenvalue weighted by molar-refractivity contribution is -0.0392. The number of nitrogens with one attached hydrogen (secondary N) is 1. The van der Waals surface area contributed by atoms with E-state index in [1.54, 1.807) is 0 Å². The number of ether oxygens (including phenoxy) is 2. The topological polar surface area (TPSA) is 86.3 Å². The highest BCUT2D eigenvalue weighted by Gasteiger charge is 2.24. The molecular weight excluding hydrogens is 465 g/mol. The van der Waals surface area contributed by atoms with Crippen LogP contribution in [0.1, 0.15) is 125 Å². The van der Waals surface area contributed by atoms with E-state index in [4.69, 9.17) is 18.5 Å². The highest BCUT2D eigenvalue weighted by molar-refractivity contribution is 7.47. The van der Waals surface area contributed by atoms with Crippen LogP contribution in [0.5, 0.6) is 0 Å². The van der Waals surface area contributed by atoms with E-state index in [9.17, 15) is 9.46 Å². The molecule has 0 aliphatic rings. The molecule has 0 bridgehead atoms. The molecule has 0 amide bonds. The second kappa shape index (κ2) is 23.1. The molecule has 2 N–H and O–H groups in total. The lowest BCUT2D eigenvalue weighted by atomic mass is 10.0. The van der Waals surface area contributed by atoms with Crippen LogP contribution < -0.4 is 5.32 Å². The number of rotatable bonds is 26. The minimum absolute atomic E-state index is 0.0347. The van der Waals surface area contributed by atoms with Crippen molar-refractivity contribution >= 4 is 7.82 Å². The van der Waals surface area contributed by atoms with E-state index in [-0.39, 0.29) is 24.9 Å². The maximum Gasteiger partial charge on any atom is 0.472 e. The minimum Gasteiger partial charge on any atom is -0.379 e. The van der Waals surface area contributed by atoms with E-state index in [2.05, 4.69) is 12.2 Å². The van der Waals surface area contributed by atoms with Crippen molar-refractivity contribution in [2.75, 3.05) is 39.6 Å². The Morgan fingerprint density at radius 3 is 1.74 bits per heavy atom. The Morgan fingerprint density at radius 1 is 0.743 bits per heavy atom. The molecule has 35 heavy (non-hydrogen) atoms. The monoisotopic (exact) mass is 523 g/mol. The quantitative estimate of drug-likeness (QED) is 0.0901. The van der Waals surface area contributed by atoms with E-state index in [1.165, 1.54) is 83.5 Å². The summed E-state index contributed by atoms with van der Waals surface area (Å²) in [5.41, 5.74) is -0.0754. The van der Waals surface area contributed by atoms with Crippen LogP contribution in [-0.4, -0.2) is 56.1 Å². The molecule has 0 aliphatic heterocycles. The molecule has 0 aliphatic carbocycles. The molecule has 2 atom stereocenters. The molecule has 0 aromatic rings. The molecule has 0 saturated carbocycles. The first kappa shape index (κ1) is 35.0. The lowest BCUT2D eigenvalue weighted by Crippen LogP contribution is -2.37. The van der Waals surface area contributed by atoms with Crippen LogP contribution in [0.4, 0.5) is 0 Å². The lowest BCUT2D eigenvalue weighted by Gasteiger charge is -2.22. The van der Waals surface area contributed by atoms with Gasteiger partial charge >= 0.3 is 7.82 Å². The third-order valence-corrected chi connectivity index (χ3v) is 6.77. The zero-order valence-electron chi connectivity index (χ0n) is 23.7. The van der Waals surface area contributed by atoms with Gasteiger partial charge < -0.3 is 19.7 Å². The fraction of sp³-hybridized carbons (Fsp3) is 1.00. The van der Waals surface area contributed by atoms with Crippen molar-refractivity contribution in [1.82, 2.24) is 5.32 Å². The summed E-state index contributed by atoms with van der Waals surface area (Å²) in [6, 6.07) is 0. The van der Waals surface area contributed by atoms with Crippen LogP contribution in [0.25, 0.3) is 0 Å². The summed E-state index contributed by atoms with van der Waals surface area (Å²) in [6.45, 7) is 12.3. The summed E-state index contributed by atoms with van der Waals surface area (Å²) in [5.74, 6) is 0. The van der Waals surface area contributed by atoms with Crippen LogP contribution >= 0.6 is 7.82 Å². The Labute approximate surface area is 217 Å².